The smallest absolute Gasteiger partial charge is 0.138 e. The van der Waals surface area contributed by atoms with Gasteiger partial charge in [0, 0.05) is 50.7 Å². The zero-order valence-electron chi connectivity index (χ0n) is 14.4. The second-order valence-electron chi connectivity index (χ2n) is 6.04. The van der Waals surface area contributed by atoms with E-state index in [2.05, 4.69) is 73.5 Å². The molecule has 2 aromatic carbocycles. The zero-order valence-corrected chi connectivity index (χ0v) is 14.4. The first-order valence-electron chi connectivity index (χ1n) is 7.79. The average Bonchev–Trinajstić information content (AvgIpc) is 2.62. The standard InChI is InChI=1S/C19H21N5/c1-23(2)16-9-5-14(6-10-16)18-19(22-21-13-20-18)15-7-11-17(12-8-15)24(3)4/h5-13H,1-4H3. The maximum atomic E-state index is 4.46. The first kappa shape index (κ1) is 15.9. The minimum absolute atomic E-state index is 0.792. The fraction of sp³-hybridized carbons (Fsp3) is 0.211. The zero-order chi connectivity index (χ0) is 17.1. The van der Waals surface area contributed by atoms with Gasteiger partial charge in [-0.3, -0.25) is 0 Å². The van der Waals surface area contributed by atoms with Crippen LogP contribution in [0.3, 0.4) is 0 Å². The van der Waals surface area contributed by atoms with Crippen LogP contribution in [0.15, 0.2) is 54.9 Å². The van der Waals surface area contributed by atoms with Gasteiger partial charge in [0.15, 0.2) is 0 Å². The summed E-state index contributed by atoms with van der Waals surface area (Å²) < 4.78 is 0. The normalized spacial score (nSPS) is 10.5. The number of nitrogens with zero attached hydrogens (tertiary/aromatic N) is 5. The monoisotopic (exact) mass is 319 g/mol. The molecule has 24 heavy (non-hydrogen) atoms. The molecule has 1 heterocycles. The van der Waals surface area contributed by atoms with Crippen LogP contribution in [0.1, 0.15) is 0 Å². The third kappa shape index (κ3) is 3.20. The Kier molecular flexibility index (Phi) is 4.42. The molecule has 0 N–H and O–H groups in total. The van der Waals surface area contributed by atoms with Gasteiger partial charge in [0.2, 0.25) is 0 Å². The summed E-state index contributed by atoms with van der Waals surface area (Å²) in [6, 6.07) is 16.5. The van der Waals surface area contributed by atoms with Gasteiger partial charge >= 0.3 is 0 Å². The van der Waals surface area contributed by atoms with E-state index in [0.717, 1.165) is 33.9 Å². The third-order valence-electron chi connectivity index (χ3n) is 3.93. The highest BCUT2D eigenvalue weighted by Crippen LogP contribution is 2.29. The van der Waals surface area contributed by atoms with Crippen molar-refractivity contribution in [3.8, 4) is 22.5 Å². The Balaban J connectivity index is 2.01. The van der Waals surface area contributed by atoms with Crippen molar-refractivity contribution in [2.75, 3.05) is 38.0 Å². The molecule has 0 unspecified atom stereocenters. The second kappa shape index (κ2) is 6.66. The minimum atomic E-state index is 0.792. The lowest BCUT2D eigenvalue weighted by Gasteiger charge is -2.14. The van der Waals surface area contributed by atoms with Gasteiger partial charge in [-0.1, -0.05) is 24.3 Å². The van der Waals surface area contributed by atoms with E-state index in [4.69, 9.17) is 0 Å². The molecule has 3 rings (SSSR count). The van der Waals surface area contributed by atoms with Crippen LogP contribution in [0.4, 0.5) is 11.4 Å². The summed E-state index contributed by atoms with van der Waals surface area (Å²) in [5, 5.41) is 8.29. The van der Waals surface area contributed by atoms with Crippen LogP contribution >= 0.6 is 0 Å². The third-order valence-corrected chi connectivity index (χ3v) is 3.93. The van der Waals surface area contributed by atoms with Gasteiger partial charge < -0.3 is 9.80 Å². The summed E-state index contributed by atoms with van der Waals surface area (Å²) in [4.78, 5) is 8.60. The van der Waals surface area contributed by atoms with Crippen molar-refractivity contribution in [1.82, 2.24) is 15.2 Å². The van der Waals surface area contributed by atoms with Crippen LogP contribution in [0.5, 0.6) is 0 Å². The van der Waals surface area contributed by atoms with E-state index in [1.54, 1.807) is 0 Å². The van der Waals surface area contributed by atoms with Gasteiger partial charge in [0.25, 0.3) is 0 Å². The molecule has 0 amide bonds. The van der Waals surface area contributed by atoms with Gasteiger partial charge in [-0.05, 0) is 24.3 Å². The fourth-order valence-corrected chi connectivity index (χ4v) is 2.52. The van der Waals surface area contributed by atoms with E-state index in [-0.39, 0.29) is 0 Å². The molecule has 0 fully saturated rings. The fourth-order valence-electron chi connectivity index (χ4n) is 2.52. The van der Waals surface area contributed by atoms with Crippen molar-refractivity contribution in [2.45, 2.75) is 0 Å². The number of benzene rings is 2. The summed E-state index contributed by atoms with van der Waals surface area (Å²) in [6.45, 7) is 0. The lowest BCUT2D eigenvalue weighted by Crippen LogP contribution is -2.08. The number of hydrogen-bond donors (Lipinski definition) is 0. The average molecular weight is 319 g/mol. The highest BCUT2D eigenvalue weighted by atomic mass is 15.1. The molecule has 122 valence electrons. The molecular formula is C19H21N5. The van der Waals surface area contributed by atoms with Gasteiger partial charge in [0.1, 0.15) is 17.7 Å². The van der Waals surface area contributed by atoms with E-state index in [9.17, 15) is 0 Å². The molecular weight excluding hydrogens is 298 g/mol. The quantitative estimate of drug-likeness (QED) is 0.738. The van der Waals surface area contributed by atoms with E-state index < -0.39 is 0 Å². The van der Waals surface area contributed by atoms with Crippen LogP contribution in [-0.2, 0) is 0 Å². The summed E-state index contributed by atoms with van der Waals surface area (Å²) in [5.74, 6) is 0. The first-order chi connectivity index (χ1) is 11.6. The minimum Gasteiger partial charge on any atom is -0.378 e. The Labute approximate surface area is 142 Å². The Morgan fingerprint density at radius 3 is 1.54 bits per heavy atom. The topological polar surface area (TPSA) is 45.2 Å². The summed E-state index contributed by atoms with van der Waals surface area (Å²) >= 11 is 0. The molecule has 5 nitrogen and oxygen atoms in total. The molecule has 5 heteroatoms. The highest BCUT2D eigenvalue weighted by Gasteiger charge is 2.11. The summed E-state index contributed by atoms with van der Waals surface area (Å²) in [7, 11) is 8.10. The number of aromatic nitrogens is 3. The van der Waals surface area contributed by atoms with Crippen molar-refractivity contribution in [3.05, 3.63) is 54.9 Å². The van der Waals surface area contributed by atoms with E-state index in [1.807, 2.05) is 28.2 Å². The van der Waals surface area contributed by atoms with Crippen LogP contribution in [0.2, 0.25) is 0 Å². The Hall–Kier alpha value is -2.95. The number of hydrogen-bond acceptors (Lipinski definition) is 5. The van der Waals surface area contributed by atoms with Crippen LogP contribution in [0.25, 0.3) is 22.5 Å². The highest BCUT2D eigenvalue weighted by molar-refractivity contribution is 5.78. The SMILES string of the molecule is CN(C)c1ccc(-c2ncnnc2-c2ccc(N(C)C)cc2)cc1. The molecule has 0 saturated carbocycles. The van der Waals surface area contributed by atoms with Crippen molar-refractivity contribution in [3.63, 3.8) is 0 Å². The number of rotatable bonds is 4. The predicted molar refractivity (Wildman–Crippen MR) is 99.4 cm³/mol. The molecule has 3 aromatic rings. The molecule has 0 aliphatic rings. The summed E-state index contributed by atoms with van der Waals surface area (Å²) in [6.07, 6.45) is 1.49. The molecule has 0 radical (unpaired) electrons. The second-order valence-corrected chi connectivity index (χ2v) is 6.04. The van der Waals surface area contributed by atoms with Crippen LogP contribution in [-0.4, -0.2) is 43.4 Å². The largest absolute Gasteiger partial charge is 0.378 e. The molecule has 0 spiro atoms. The molecule has 0 saturated heterocycles. The summed E-state index contributed by atoms with van der Waals surface area (Å²) in [5.41, 5.74) is 5.97. The van der Waals surface area contributed by atoms with E-state index in [1.165, 1.54) is 6.33 Å². The first-order valence-corrected chi connectivity index (χ1v) is 7.79. The van der Waals surface area contributed by atoms with E-state index >= 15 is 0 Å². The Morgan fingerprint density at radius 2 is 1.08 bits per heavy atom. The van der Waals surface area contributed by atoms with Crippen molar-refractivity contribution in [1.29, 1.82) is 0 Å². The Bertz CT molecular complexity index is 737. The van der Waals surface area contributed by atoms with Crippen LogP contribution < -0.4 is 9.80 Å². The van der Waals surface area contributed by atoms with Gasteiger partial charge in [-0.15, -0.1) is 10.2 Å². The lowest BCUT2D eigenvalue weighted by molar-refractivity contribution is 0.980. The predicted octanol–water partition coefficient (Wildman–Crippen LogP) is 3.34. The molecule has 1 aromatic heterocycles. The molecule has 0 atom stereocenters. The molecule has 0 bridgehead atoms. The Morgan fingerprint density at radius 1 is 0.625 bits per heavy atom. The van der Waals surface area contributed by atoms with Gasteiger partial charge in [0.05, 0.1) is 0 Å². The van der Waals surface area contributed by atoms with E-state index in [0.29, 0.717) is 0 Å². The number of anilines is 2. The molecule has 0 aliphatic heterocycles. The van der Waals surface area contributed by atoms with Gasteiger partial charge in [-0.25, -0.2) is 4.98 Å². The van der Waals surface area contributed by atoms with Crippen molar-refractivity contribution in [2.24, 2.45) is 0 Å². The van der Waals surface area contributed by atoms with Crippen molar-refractivity contribution >= 4 is 11.4 Å². The molecule has 0 aliphatic carbocycles. The van der Waals surface area contributed by atoms with Gasteiger partial charge in [-0.2, -0.15) is 0 Å². The maximum Gasteiger partial charge on any atom is 0.138 e. The lowest BCUT2D eigenvalue weighted by atomic mass is 10.0. The maximum absolute atomic E-state index is 4.46. The van der Waals surface area contributed by atoms with Crippen molar-refractivity contribution < 1.29 is 0 Å². The van der Waals surface area contributed by atoms with Crippen LogP contribution in [0, 0.1) is 0 Å².